The third-order valence-electron chi connectivity index (χ3n) is 5.08. The van der Waals surface area contributed by atoms with Crippen molar-refractivity contribution in [2.45, 2.75) is 45.3 Å². The summed E-state index contributed by atoms with van der Waals surface area (Å²) in [6.07, 6.45) is 3.28. The number of carbonyl (C=O) groups is 1. The number of hydrogen-bond donors (Lipinski definition) is 0. The van der Waals surface area contributed by atoms with E-state index in [4.69, 9.17) is 9.16 Å². The zero-order chi connectivity index (χ0) is 20.6. The van der Waals surface area contributed by atoms with Crippen LogP contribution in [0.2, 0.25) is 5.04 Å². The average molecular weight is 397 g/mol. The Morgan fingerprint density at radius 3 is 1.89 bits per heavy atom. The standard InChI is InChI=1S/C24H32O3Si/c1-20(19-25)18-21(26-5)16-17-27-28(24(2,3)4,22-12-8-6-9-13-22)23-14-10-7-11-15-23/h6-15,18-19,21H,16-17H2,1-5H3/b20-18+/t21-/m0/s1. The summed E-state index contributed by atoms with van der Waals surface area (Å²) in [5.74, 6) is 0. The van der Waals surface area contributed by atoms with Gasteiger partial charge in [-0.3, -0.25) is 4.79 Å². The number of ether oxygens (including phenoxy) is 1. The molecule has 0 fully saturated rings. The Hall–Kier alpha value is -2.01. The third kappa shape index (κ3) is 5.07. The van der Waals surface area contributed by atoms with Crippen LogP contribution in [-0.2, 0) is 14.0 Å². The number of allylic oxidation sites excluding steroid dienone is 1. The first-order valence-electron chi connectivity index (χ1n) is 9.76. The Labute approximate surface area is 170 Å². The molecule has 0 heterocycles. The van der Waals surface area contributed by atoms with Gasteiger partial charge in [-0.15, -0.1) is 0 Å². The zero-order valence-electron chi connectivity index (χ0n) is 17.6. The van der Waals surface area contributed by atoms with Gasteiger partial charge >= 0.3 is 0 Å². The largest absolute Gasteiger partial charge is 0.407 e. The lowest BCUT2D eigenvalue weighted by Gasteiger charge is -2.43. The number of benzene rings is 2. The fraction of sp³-hybridized carbons (Fsp3) is 0.375. The lowest BCUT2D eigenvalue weighted by atomic mass is 10.2. The van der Waals surface area contributed by atoms with Gasteiger partial charge in [0.1, 0.15) is 6.29 Å². The van der Waals surface area contributed by atoms with E-state index in [0.29, 0.717) is 18.6 Å². The molecular weight excluding hydrogens is 364 g/mol. The minimum atomic E-state index is -2.52. The topological polar surface area (TPSA) is 35.5 Å². The van der Waals surface area contributed by atoms with Crippen LogP contribution in [0, 0.1) is 0 Å². The van der Waals surface area contributed by atoms with Gasteiger partial charge in [0.05, 0.1) is 6.10 Å². The zero-order valence-corrected chi connectivity index (χ0v) is 18.6. The molecule has 3 nitrogen and oxygen atoms in total. The number of methoxy groups -OCH3 is 1. The van der Waals surface area contributed by atoms with Crippen LogP contribution in [0.15, 0.2) is 72.3 Å². The number of hydrogen-bond acceptors (Lipinski definition) is 3. The Balaban J connectivity index is 2.40. The minimum absolute atomic E-state index is 0.0488. The first-order chi connectivity index (χ1) is 13.3. The molecule has 1 atom stereocenters. The lowest BCUT2D eigenvalue weighted by molar-refractivity contribution is -0.104. The van der Waals surface area contributed by atoms with Crippen molar-refractivity contribution in [3.8, 4) is 0 Å². The maximum Gasteiger partial charge on any atom is 0.261 e. The van der Waals surface area contributed by atoms with Crippen LogP contribution in [0.3, 0.4) is 0 Å². The molecule has 0 saturated heterocycles. The van der Waals surface area contributed by atoms with Crippen LogP contribution in [0.5, 0.6) is 0 Å². The molecule has 0 aromatic heterocycles. The molecule has 2 rings (SSSR count). The highest BCUT2D eigenvalue weighted by Crippen LogP contribution is 2.36. The van der Waals surface area contributed by atoms with Gasteiger partial charge in [0.2, 0.25) is 0 Å². The molecule has 4 heteroatoms. The first kappa shape index (κ1) is 22.3. The molecule has 0 unspecified atom stereocenters. The average Bonchev–Trinajstić information content (AvgIpc) is 2.70. The third-order valence-corrected chi connectivity index (χ3v) is 10.1. The molecule has 0 aliphatic rings. The van der Waals surface area contributed by atoms with Crippen molar-refractivity contribution in [3.63, 3.8) is 0 Å². The highest BCUT2D eigenvalue weighted by Gasteiger charge is 2.50. The van der Waals surface area contributed by atoms with Gasteiger partial charge in [0.25, 0.3) is 8.32 Å². The summed E-state index contributed by atoms with van der Waals surface area (Å²) < 4.78 is 12.4. The van der Waals surface area contributed by atoms with Crippen LogP contribution in [-0.4, -0.2) is 34.4 Å². The van der Waals surface area contributed by atoms with Crippen LogP contribution in [0.1, 0.15) is 34.1 Å². The molecule has 28 heavy (non-hydrogen) atoms. The molecule has 0 amide bonds. The van der Waals surface area contributed by atoms with Gasteiger partial charge in [0.15, 0.2) is 0 Å². The molecule has 150 valence electrons. The Kier molecular flexibility index (Phi) is 7.93. The Morgan fingerprint density at radius 1 is 1.00 bits per heavy atom. The summed E-state index contributed by atoms with van der Waals surface area (Å²) in [4.78, 5) is 10.9. The van der Waals surface area contributed by atoms with Crippen LogP contribution in [0.4, 0.5) is 0 Å². The van der Waals surface area contributed by atoms with Crippen LogP contribution in [0.25, 0.3) is 0 Å². The molecule has 0 saturated carbocycles. The fourth-order valence-electron chi connectivity index (χ4n) is 3.69. The van der Waals surface area contributed by atoms with E-state index in [2.05, 4.69) is 69.3 Å². The van der Waals surface area contributed by atoms with Gasteiger partial charge in [-0.1, -0.05) is 81.4 Å². The predicted molar refractivity (Wildman–Crippen MR) is 119 cm³/mol. The van der Waals surface area contributed by atoms with Gasteiger partial charge in [-0.2, -0.15) is 0 Å². The molecular formula is C24H32O3Si. The predicted octanol–water partition coefficient (Wildman–Crippen LogP) is 4.11. The van der Waals surface area contributed by atoms with Crippen molar-refractivity contribution in [2.24, 2.45) is 0 Å². The van der Waals surface area contributed by atoms with Crippen molar-refractivity contribution in [1.29, 1.82) is 0 Å². The van der Waals surface area contributed by atoms with Crippen molar-refractivity contribution < 1.29 is 14.0 Å². The number of carbonyl (C=O) groups excluding carboxylic acids is 1. The maximum absolute atomic E-state index is 10.9. The SMILES string of the molecule is CO[C@H](/C=C(\C)C=O)CCO[Si](c1ccccc1)(c1ccccc1)C(C)(C)C. The highest BCUT2D eigenvalue weighted by molar-refractivity contribution is 6.99. The van der Waals surface area contributed by atoms with Crippen LogP contribution < -0.4 is 10.4 Å². The first-order valence-corrected chi connectivity index (χ1v) is 11.7. The number of aldehydes is 1. The van der Waals surface area contributed by atoms with Crippen molar-refractivity contribution >= 4 is 25.0 Å². The van der Waals surface area contributed by atoms with Crippen molar-refractivity contribution in [1.82, 2.24) is 0 Å². The lowest BCUT2D eigenvalue weighted by Crippen LogP contribution is -2.66. The molecule has 0 spiro atoms. The monoisotopic (exact) mass is 396 g/mol. The summed E-state index contributed by atoms with van der Waals surface area (Å²) in [6, 6.07) is 21.2. The normalized spacial score (nSPS) is 14.0. The summed E-state index contributed by atoms with van der Waals surface area (Å²) >= 11 is 0. The second-order valence-electron chi connectivity index (χ2n) is 8.10. The summed E-state index contributed by atoms with van der Waals surface area (Å²) in [6.45, 7) is 9.16. The van der Waals surface area contributed by atoms with Gasteiger partial charge < -0.3 is 9.16 Å². The molecule has 0 bridgehead atoms. The van der Waals surface area contributed by atoms with Crippen molar-refractivity contribution in [3.05, 3.63) is 72.3 Å². The van der Waals surface area contributed by atoms with Gasteiger partial charge in [0, 0.05) is 13.7 Å². The second-order valence-corrected chi connectivity index (χ2v) is 12.4. The Morgan fingerprint density at radius 2 is 1.50 bits per heavy atom. The van der Waals surface area contributed by atoms with Gasteiger partial charge in [-0.25, -0.2) is 0 Å². The quantitative estimate of drug-likeness (QED) is 0.363. The Bertz CT molecular complexity index is 724. The van der Waals surface area contributed by atoms with E-state index in [1.807, 2.05) is 18.2 Å². The van der Waals surface area contributed by atoms with E-state index in [0.717, 1.165) is 6.29 Å². The van der Waals surface area contributed by atoms with E-state index >= 15 is 0 Å². The summed E-state index contributed by atoms with van der Waals surface area (Å²) in [7, 11) is -0.854. The smallest absolute Gasteiger partial charge is 0.261 e. The van der Waals surface area contributed by atoms with E-state index in [1.54, 1.807) is 14.0 Å². The number of rotatable bonds is 9. The summed E-state index contributed by atoms with van der Waals surface area (Å²) in [5, 5.41) is 2.48. The molecule has 2 aromatic rings. The van der Waals surface area contributed by atoms with E-state index in [-0.39, 0.29) is 11.1 Å². The fourth-order valence-corrected chi connectivity index (χ4v) is 8.27. The highest BCUT2D eigenvalue weighted by atomic mass is 28.4. The van der Waals surface area contributed by atoms with Crippen molar-refractivity contribution in [2.75, 3.05) is 13.7 Å². The molecule has 0 N–H and O–H groups in total. The van der Waals surface area contributed by atoms with Crippen LogP contribution >= 0.6 is 0 Å². The second kappa shape index (κ2) is 9.96. The maximum atomic E-state index is 10.9. The molecule has 2 aromatic carbocycles. The van der Waals surface area contributed by atoms with E-state index in [9.17, 15) is 4.79 Å². The van der Waals surface area contributed by atoms with Gasteiger partial charge in [-0.05, 0) is 40.4 Å². The minimum Gasteiger partial charge on any atom is -0.407 e. The molecule has 0 aliphatic heterocycles. The summed E-state index contributed by atoms with van der Waals surface area (Å²) in [5.41, 5.74) is 0.678. The molecule has 0 radical (unpaired) electrons. The molecule has 0 aliphatic carbocycles. The van der Waals surface area contributed by atoms with E-state index in [1.165, 1.54) is 10.4 Å². The van der Waals surface area contributed by atoms with E-state index < -0.39 is 8.32 Å².